The summed E-state index contributed by atoms with van der Waals surface area (Å²) >= 11 is 0. The van der Waals surface area contributed by atoms with E-state index >= 15 is 0 Å². The predicted octanol–water partition coefficient (Wildman–Crippen LogP) is 6.04. The van der Waals surface area contributed by atoms with Gasteiger partial charge in [-0.1, -0.05) is 68.2 Å². The molecule has 0 bridgehead atoms. The van der Waals surface area contributed by atoms with Crippen molar-refractivity contribution in [2.24, 2.45) is 23.2 Å². The summed E-state index contributed by atoms with van der Waals surface area (Å²) in [6.07, 6.45) is 10.1. The van der Waals surface area contributed by atoms with Gasteiger partial charge in [0.15, 0.2) is 0 Å². The zero-order valence-electron chi connectivity index (χ0n) is 21.8. The van der Waals surface area contributed by atoms with Crippen LogP contribution in [0.5, 0.6) is 0 Å². The Bertz CT molecular complexity index is 1080. The Balaban J connectivity index is 1.55. The molecular formula is C32H42O3. The Labute approximate surface area is 211 Å². The molecule has 0 radical (unpaired) electrons. The van der Waals surface area contributed by atoms with Gasteiger partial charge in [-0.15, -0.1) is 0 Å². The molecule has 1 aromatic rings. The van der Waals surface area contributed by atoms with E-state index in [-0.39, 0.29) is 11.3 Å². The van der Waals surface area contributed by atoms with E-state index in [2.05, 4.69) is 44.4 Å². The van der Waals surface area contributed by atoms with Crippen LogP contribution in [0.4, 0.5) is 0 Å². The summed E-state index contributed by atoms with van der Waals surface area (Å²) in [4.78, 5) is 0. The van der Waals surface area contributed by atoms with Crippen LogP contribution in [0.15, 0.2) is 59.7 Å². The quantitative estimate of drug-likeness (QED) is 0.468. The van der Waals surface area contributed by atoms with Gasteiger partial charge in [-0.3, -0.25) is 0 Å². The summed E-state index contributed by atoms with van der Waals surface area (Å²) < 4.78 is 0. The van der Waals surface area contributed by atoms with Crippen molar-refractivity contribution in [1.82, 2.24) is 0 Å². The van der Waals surface area contributed by atoms with E-state index < -0.39 is 17.8 Å². The summed E-state index contributed by atoms with van der Waals surface area (Å²) in [5.74, 6) is 8.35. The average Bonchev–Trinajstić information content (AvgIpc) is 3.16. The Kier molecular flexibility index (Phi) is 7.49. The van der Waals surface area contributed by atoms with Crippen LogP contribution in [0.1, 0.15) is 83.8 Å². The highest BCUT2D eigenvalue weighted by atomic mass is 16.3. The van der Waals surface area contributed by atoms with Gasteiger partial charge in [0, 0.05) is 17.9 Å². The second-order valence-electron chi connectivity index (χ2n) is 11.8. The van der Waals surface area contributed by atoms with Crippen LogP contribution in [-0.2, 0) is 5.60 Å². The molecule has 3 heteroatoms. The number of aliphatic hydroxyl groups excluding tert-OH is 2. The highest BCUT2D eigenvalue weighted by Gasteiger charge is 2.50. The Morgan fingerprint density at radius 2 is 1.91 bits per heavy atom. The second kappa shape index (κ2) is 10.1. The largest absolute Gasteiger partial charge is 0.393 e. The molecule has 4 rings (SSSR count). The van der Waals surface area contributed by atoms with E-state index in [4.69, 9.17) is 0 Å². The molecule has 0 aromatic heterocycles. The minimum atomic E-state index is -0.910. The van der Waals surface area contributed by atoms with Crippen LogP contribution in [0, 0.1) is 35.0 Å². The molecule has 3 aliphatic carbocycles. The summed E-state index contributed by atoms with van der Waals surface area (Å²) in [5.41, 5.74) is 4.36. The zero-order chi connectivity index (χ0) is 25.4. The first-order chi connectivity index (χ1) is 16.5. The van der Waals surface area contributed by atoms with Gasteiger partial charge in [0.2, 0.25) is 0 Å². The lowest BCUT2D eigenvalue weighted by Gasteiger charge is -2.43. The number of allylic oxidation sites excluding steroid dienone is 3. The first-order valence-electron chi connectivity index (χ1n) is 13.3. The lowest BCUT2D eigenvalue weighted by atomic mass is 9.61. The van der Waals surface area contributed by atoms with Gasteiger partial charge in [-0.05, 0) is 92.4 Å². The van der Waals surface area contributed by atoms with Crippen molar-refractivity contribution in [3.05, 3.63) is 70.8 Å². The number of hydrogen-bond acceptors (Lipinski definition) is 3. The number of hydrogen-bond donors (Lipinski definition) is 3. The fourth-order valence-electron chi connectivity index (χ4n) is 6.98. The van der Waals surface area contributed by atoms with E-state index in [9.17, 15) is 15.3 Å². The normalized spacial score (nSPS) is 34.4. The lowest BCUT2D eigenvalue weighted by Crippen LogP contribution is -2.35. The lowest BCUT2D eigenvalue weighted by molar-refractivity contribution is 0.0783. The Morgan fingerprint density at radius 1 is 1.17 bits per heavy atom. The van der Waals surface area contributed by atoms with E-state index in [0.29, 0.717) is 24.7 Å². The summed E-state index contributed by atoms with van der Waals surface area (Å²) in [7, 11) is 0. The molecule has 3 nitrogen and oxygen atoms in total. The number of benzene rings is 1. The molecule has 0 unspecified atom stereocenters. The second-order valence-corrected chi connectivity index (χ2v) is 11.8. The van der Waals surface area contributed by atoms with Crippen molar-refractivity contribution in [3.63, 3.8) is 0 Å². The third-order valence-electron chi connectivity index (χ3n) is 8.93. The summed E-state index contributed by atoms with van der Waals surface area (Å²) in [6, 6.07) is 7.92. The molecule has 3 N–H and O–H groups in total. The molecule has 0 aliphatic heterocycles. The maximum atomic E-state index is 10.5. The zero-order valence-corrected chi connectivity index (χ0v) is 21.8. The van der Waals surface area contributed by atoms with E-state index in [1.54, 1.807) is 0 Å². The van der Waals surface area contributed by atoms with Gasteiger partial charge < -0.3 is 15.3 Å². The smallest absolute Gasteiger partial charge is 0.0852 e. The van der Waals surface area contributed by atoms with Crippen molar-refractivity contribution >= 4 is 0 Å². The maximum Gasteiger partial charge on any atom is 0.0852 e. The molecule has 35 heavy (non-hydrogen) atoms. The highest BCUT2D eigenvalue weighted by Crippen LogP contribution is 2.59. The fourth-order valence-corrected chi connectivity index (χ4v) is 6.98. The summed E-state index contributed by atoms with van der Waals surface area (Å²) in [5, 5.41) is 30.8. The first-order valence-corrected chi connectivity index (χ1v) is 13.3. The minimum absolute atomic E-state index is 0.231. The average molecular weight is 475 g/mol. The van der Waals surface area contributed by atoms with E-state index in [1.165, 1.54) is 31.3 Å². The summed E-state index contributed by atoms with van der Waals surface area (Å²) in [6.45, 7) is 12.4. The number of rotatable bonds is 3. The van der Waals surface area contributed by atoms with E-state index in [1.807, 2.05) is 38.1 Å². The number of aliphatic hydroxyl groups is 3. The highest BCUT2D eigenvalue weighted by molar-refractivity contribution is 5.44. The van der Waals surface area contributed by atoms with Gasteiger partial charge >= 0.3 is 0 Å². The molecule has 3 saturated carbocycles. The van der Waals surface area contributed by atoms with Crippen molar-refractivity contribution in [2.75, 3.05) is 0 Å². The Morgan fingerprint density at radius 3 is 2.66 bits per heavy atom. The molecule has 0 heterocycles. The third kappa shape index (κ3) is 5.36. The predicted molar refractivity (Wildman–Crippen MR) is 142 cm³/mol. The SMILES string of the molecule is C=C1/C(=C\C=C2/CCC[C@]3(C)[C@@H]([C@@H](C)C#Cc4ccccc4C(C)(C)O)CC[C@@H]23)C[C@@H](O)C[C@@H]1O. The van der Waals surface area contributed by atoms with Crippen LogP contribution in [0.3, 0.4) is 0 Å². The van der Waals surface area contributed by atoms with Gasteiger partial charge in [0.25, 0.3) is 0 Å². The van der Waals surface area contributed by atoms with Crippen molar-refractivity contribution < 1.29 is 15.3 Å². The van der Waals surface area contributed by atoms with Crippen LogP contribution in [-0.4, -0.2) is 27.5 Å². The molecule has 1 aromatic carbocycles. The fraction of sp³-hybridized carbons (Fsp3) is 0.562. The topological polar surface area (TPSA) is 60.7 Å². The molecule has 188 valence electrons. The Hall–Kier alpha value is -2.12. The molecular weight excluding hydrogens is 432 g/mol. The molecule has 3 fully saturated rings. The monoisotopic (exact) mass is 474 g/mol. The van der Waals surface area contributed by atoms with Crippen LogP contribution in [0.2, 0.25) is 0 Å². The molecule has 3 aliphatic rings. The van der Waals surface area contributed by atoms with Crippen molar-refractivity contribution in [3.8, 4) is 11.8 Å². The molecule has 0 spiro atoms. The molecule has 6 atom stereocenters. The van der Waals surface area contributed by atoms with Gasteiger partial charge in [0.05, 0.1) is 17.8 Å². The minimum Gasteiger partial charge on any atom is -0.393 e. The van der Waals surface area contributed by atoms with Gasteiger partial charge in [0.1, 0.15) is 0 Å². The van der Waals surface area contributed by atoms with E-state index in [0.717, 1.165) is 28.7 Å². The number of fused-ring (bicyclic) bond motifs is 1. The van der Waals surface area contributed by atoms with Gasteiger partial charge in [-0.2, -0.15) is 0 Å². The van der Waals surface area contributed by atoms with Crippen molar-refractivity contribution in [2.45, 2.75) is 90.4 Å². The maximum absolute atomic E-state index is 10.5. The van der Waals surface area contributed by atoms with Crippen LogP contribution in [0.25, 0.3) is 0 Å². The molecule has 0 amide bonds. The van der Waals surface area contributed by atoms with Crippen LogP contribution < -0.4 is 0 Å². The third-order valence-corrected chi connectivity index (χ3v) is 8.93. The standard InChI is InChI=1S/C32H42O3/c1-21(12-13-23-9-6-7-11-28(23)31(3,4)35)27-16-17-29-24(10-8-18-32(27,29)5)14-15-25-19-26(33)20-30(34)22(25)2/h6-7,9,11,14-15,21,26-27,29-30,33-35H,2,8,10,16-20H2,1,3-5H3/b24-14+,25-15-/t21-,26+,27+,29-,30-,32+/m0/s1. The molecule has 0 saturated heterocycles. The first kappa shape index (κ1) is 26.0. The van der Waals surface area contributed by atoms with Crippen LogP contribution >= 0.6 is 0 Å². The van der Waals surface area contributed by atoms with Crippen molar-refractivity contribution in [1.29, 1.82) is 0 Å². The van der Waals surface area contributed by atoms with Gasteiger partial charge in [-0.25, -0.2) is 0 Å².